The Morgan fingerprint density at radius 1 is 1.03 bits per heavy atom. The van der Waals surface area contributed by atoms with Crippen molar-refractivity contribution in [3.63, 3.8) is 0 Å². The molecule has 0 atom stereocenters. The van der Waals surface area contributed by atoms with Gasteiger partial charge in [-0.2, -0.15) is 13.2 Å². The minimum absolute atomic E-state index is 0.139. The smallest absolute Gasteiger partial charge is 0.324 e. The number of halogens is 3. The SMILES string of the molecule is Cc1cc(Nc2nccc(C(F)(F)F)n2)cc(-c2cccc(C(=O)NS(C)(=O)=O)c2)c1. The molecular formula is C20H17F3N4O3S. The standard InChI is InChI=1S/C20H17F3N4O3S/c1-12-8-15(13-4-3-5-14(10-13)18(28)27-31(2,29)30)11-16(9-12)25-19-24-7-6-17(26-19)20(21,22)23/h3-11H,1-2H3,(H,27,28)(H,24,25,26). The van der Waals surface area contributed by atoms with Crippen LogP contribution in [0.5, 0.6) is 0 Å². The number of benzene rings is 2. The summed E-state index contributed by atoms with van der Waals surface area (Å²) in [6.45, 7) is 1.79. The minimum Gasteiger partial charge on any atom is -0.324 e. The largest absolute Gasteiger partial charge is 0.433 e. The monoisotopic (exact) mass is 450 g/mol. The number of amides is 1. The van der Waals surface area contributed by atoms with Gasteiger partial charge in [0, 0.05) is 17.4 Å². The number of sulfonamides is 1. The summed E-state index contributed by atoms with van der Waals surface area (Å²) in [6, 6.07) is 12.2. The van der Waals surface area contributed by atoms with Crippen LogP contribution in [0.4, 0.5) is 24.8 Å². The van der Waals surface area contributed by atoms with Crippen LogP contribution in [0.25, 0.3) is 11.1 Å². The van der Waals surface area contributed by atoms with Crippen molar-refractivity contribution in [1.82, 2.24) is 14.7 Å². The molecule has 11 heteroatoms. The van der Waals surface area contributed by atoms with E-state index in [4.69, 9.17) is 0 Å². The predicted molar refractivity (Wildman–Crippen MR) is 109 cm³/mol. The van der Waals surface area contributed by atoms with Crippen molar-refractivity contribution in [3.8, 4) is 11.1 Å². The van der Waals surface area contributed by atoms with Gasteiger partial charge in [0.15, 0.2) is 0 Å². The molecule has 2 N–H and O–H groups in total. The van der Waals surface area contributed by atoms with E-state index < -0.39 is 27.8 Å². The average molecular weight is 450 g/mol. The average Bonchev–Trinajstić information content (AvgIpc) is 2.66. The quantitative estimate of drug-likeness (QED) is 0.611. The summed E-state index contributed by atoms with van der Waals surface area (Å²) in [5.74, 6) is -0.986. The zero-order valence-corrected chi connectivity index (χ0v) is 17.2. The predicted octanol–water partition coefficient (Wildman–Crippen LogP) is 3.90. The van der Waals surface area contributed by atoms with E-state index in [0.717, 1.165) is 24.1 Å². The molecule has 1 aromatic heterocycles. The third-order valence-electron chi connectivity index (χ3n) is 4.02. The van der Waals surface area contributed by atoms with Gasteiger partial charge in [0.1, 0.15) is 5.69 Å². The van der Waals surface area contributed by atoms with E-state index in [1.165, 1.54) is 12.1 Å². The second-order valence-corrected chi connectivity index (χ2v) is 8.51. The van der Waals surface area contributed by atoms with Gasteiger partial charge in [-0.15, -0.1) is 0 Å². The Morgan fingerprint density at radius 2 is 1.77 bits per heavy atom. The van der Waals surface area contributed by atoms with Crippen molar-refractivity contribution in [2.24, 2.45) is 0 Å². The van der Waals surface area contributed by atoms with E-state index >= 15 is 0 Å². The van der Waals surface area contributed by atoms with Crippen molar-refractivity contribution < 1.29 is 26.4 Å². The number of alkyl halides is 3. The molecule has 0 unspecified atom stereocenters. The van der Waals surface area contributed by atoms with E-state index in [2.05, 4.69) is 15.3 Å². The number of aryl methyl sites for hydroxylation is 1. The summed E-state index contributed by atoms with van der Waals surface area (Å²) in [7, 11) is -3.71. The number of rotatable bonds is 5. The Kier molecular flexibility index (Phi) is 5.98. The lowest BCUT2D eigenvalue weighted by atomic mass is 10.0. The molecule has 0 fully saturated rings. The first-order valence-electron chi connectivity index (χ1n) is 8.82. The molecule has 1 amide bonds. The second kappa shape index (κ2) is 8.34. The summed E-state index contributed by atoms with van der Waals surface area (Å²) in [5, 5.41) is 2.76. The van der Waals surface area contributed by atoms with Crippen LogP contribution in [0.2, 0.25) is 0 Å². The topological polar surface area (TPSA) is 101 Å². The highest BCUT2D eigenvalue weighted by Crippen LogP contribution is 2.29. The number of hydrogen-bond acceptors (Lipinski definition) is 6. The Balaban J connectivity index is 1.92. The zero-order chi connectivity index (χ0) is 22.8. The summed E-state index contributed by atoms with van der Waals surface area (Å²) >= 11 is 0. The third-order valence-corrected chi connectivity index (χ3v) is 4.57. The summed E-state index contributed by atoms with van der Waals surface area (Å²) in [5.41, 5.74) is 1.57. The molecule has 0 aliphatic carbocycles. The summed E-state index contributed by atoms with van der Waals surface area (Å²) in [6.07, 6.45) is -2.70. The van der Waals surface area contributed by atoms with Gasteiger partial charge in [0.2, 0.25) is 16.0 Å². The number of hydrogen-bond donors (Lipinski definition) is 2. The van der Waals surface area contributed by atoms with Gasteiger partial charge >= 0.3 is 6.18 Å². The molecule has 0 radical (unpaired) electrons. The number of carbonyl (C=O) groups is 1. The fourth-order valence-corrected chi connectivity index (χ4v) is 3.25. The Bertz CT molecular complexity index is 1240. The fourth-order valence-electron chi connectivity index (χ4n) is 2.80. The van der Waals surface area contributed by atoms with Crippen molar-refractivity contribution in [1.29, 1.82) is 0 Å². The van der Waals surface area contributed by atoms with Crippen LogP contribution in [0.15, 0.2) is 54.7 Å². The molecule has 1 heterocycles. The Hall–Kier alpha value is -3.47. The molecular weight excluding hydrogens is 433 g/mol. The lowest BCUT2D eigenvalue weighted by Crippen LogP contribution is -2.29. The Morgan fingerprint density at radius 3 is 2.45 bits per heavy atom. The third kappa shape index (κ3) is 6.01. The van der Waals surface area contributed by atoms with E-state index in [1.807, 2.05) is 10.8 Å². The number of aromatic nitrogens is 2. The lowest BCUT2D eigenvalue weighted by molar-refractivity contribution is -0.141. The van der Waals surface area contributed by atoms with Crippen LogP contribution in [-0.4, -0.2) is 30.5 Å². The normalized spacial score (nSPS) is 11.8. The summed E-state index contributed by atoms with van der Waals surface area (Å²) in [4.78, 5) is 19.4. The number of nitrogens with one attached hydrogen (secondary N) is 2. The molecule has 31 heavy (non-hydrogen) atoms. The van der Waals surface area contributed by atoms with Crippen LogP contribution in [0.1, 0.15) is 21.6 Å². The molecule has 3 rings (SSSR count). The first-order chi connectivity index (χ1) is 14.4. The highest BCUT2D eigenvalue weighted by Gasteiger charge is 2.32. The van der Waals surface area contributed by atoms with E-state index in [-0.39, 0.29) is 11.5 Å². The molecule has 0 aliphatic rings. The highest BCUT2D eigenvalue weighted by molar-refractivity contribution is 7.89. The zero-order valence-electron chi connectivity index (χ0n) is 16.4. The van der Waals surface area contributed by atoms with Crippen LogP contribution >= 0.6 is 0 Å². The first kappa shape index (κ1) is 22.2. The second-order valence-electron chi connectivity index (χ2n) is 6.76. The molecule has 2 aromatic carbocycles. The molecule has 162 valence electrons. The van der Waals surface area contributed by atoms with Crippen LogP contribution in [0.3, 0.4) is 0 Å². The van der Waals surface area contributed by atoms with E-state index in [0.29, 0.717) is 16.8 Å². The maximum absolute atomic E-state index is 12.9. The molecule has 0 aliphatic heterocycles. The maximum atomic E-state index is 12.9. The van der Waals surface area contributed by atoms with Crippen LogP contribution in [-0.2, 0) is 16.2 Å². The summed E-state index contributed by atoms with van der Waals surface area (Å²) < 4.78 is 63.1. The first-order valence-corrected chi connectivity index (χ1v) is 10.7. The van der Waals surface area contributed by atoms with Gasteiger partial charge in [-0.1, -0.05) is 18.2 Å². The number of nitrogens with zero attached hydrogens (tertiary/aromatic N) is 2. The number of anilines is 2. The number of carbonyl (C=O) groups excluding carboxylic acids is 1. The van der Waals surface area contributed by atoms with Crippen molar-refractivity contribution >= 4 is 27.6 Å². The van der Waals surface area contributed by atoms with Crippen molar-refractivity contribution in [2.45, 2.75) is 13.1 Å². The van der Waals surface area contributed by atoms with Gasteiger partial charge in [-0.25, -0.2) is 23.1 Å². The van der Waals surface area contributed by atoms with E-state index in [1.54, 1.807) is 31.2 Å². The van der Waals surface area contributed by atoms with Gasteiger partial charge in [-0.05, 0) is 53.9 Å². The lowest BCUT2D eigenvalue weighted by Gasteiger charge is -2.12. The van der Waals surface area contributed by atoms with Crippen molar-refractivity contribution in [3.05, 3.63) is 71.5 Å². The highest BCUT2D eigenvalue weighted by atomic mass is 32.2. The molecule has 0 saturated carbocycles. The molecule has 3 aromatic rings. The Labute approximate surface area is 176 Å². The van der Waals surface area contributed by atoms with Crippen LogP contribution < -0.4 is 10.0 Å². The molecule has 0 spiro atoms. The van der Waals surface area contributed by atoms with Crippen molar-refractivity contribution in [2.75, 3.05) is 11.6 Å². The fraction of sp³-hybridized carbons (Fsp3) is 0.150. The molecule has 0 saturated heterocycles. The van der Waals surface area contributed by atoms with Gasteiger partial charge < -0.3 is 5.32 Å². The maximum Gasteiger partial charge on any atom is 0.433 e. The van der Waals surface area contributed by atoms with Gasteiger partial charge in [0.05, 0.1) is 6.26 Å². The molecule has 7 nitrogen and oxygen atoms in total. The molecule has 0 bridgehead atoms. The van der Waals surface area contributed by atoms with Crippen LogP contribution in [0, 0.1) is 6.92 Å². The van der Waals surface area contributed by atoms with Gasteiger partial charge in [0.25, 0.3) is 5.91 Å². The van der Waals surface area contributed by atoms with Gasteiger partial charge in [-0.3, -0.25) is 4.79 Å². The minimum atomic E-state index is -4.59. The van der Waals surface area contributed by atoms with E-state index in [9.17, 15) is 26.4 Å².